The lowest BCUT2D eigenvalue weighted by Gasteiger charge is -2.32. The van der Waals surface area contributed by atoms with E-state index in [-0.39, 0.29) is 5.91 Å². The Hall–Kier alpha value is -2.44. The Morgan fingerprint density at radius 1 is 1.19 bits per heavy atom. The maximum Gasteiger partial charge on any atom is 0.246 e. The number of likely N-dealkylation sites (tertiary alicyclic amines) is 1. The van der Waals surface area contributed by atoms with Crippen molar-refractivity contribution in [2.75, 3.05) is 13.1 Å². The molecular weight excluding hydrogens is 340 g/mol. The molecule has 144 valence electrons. The number of aryl methyl sites for hydroxylation is 1. The second-order valence-corrected chi connectivity index (χ2v) is 7.85. The first kappa shape index (κ1) is 17.9. The summed E-state index contributed by atoms with van der Waals surface area (Å²) in [6.45, 7) is 5.52. The van der Waals surface area contributed by atoms with E-state index < -0.39 is 0 Å². The highest BCUT2D eigenvalue weighted by Crippen LogP contribution is 2.30. The molecule has 2 aliphatic rings. The first-order valence-corrected chi connectivity index (χ1v) is 10.1. The average Bonchev–Trinajstić information content (AvgIpc) is 3.19. The molecule has 0 unspecified atom stereocenters. The van der Waals surface area contributed by atoms with Gasteiger partial charge in [-0.25, -0.2) is 0 Å². The fourth-order valence-corrected chi connectivity index (χ4v) is 3.67. The summed E-state index contributed by atoms with van der Waals surface area (Å²) in [4.78, 5) is 14.5. The first-order chi connectivity index (χ1) is 13.2. The Morgan fingerprint density at radius 2 is 2.04 bits per heavy atom. The van der Waals surface area contributed by atoms with Gasteiger partial charge in [-0.05, 0) is 50.0 Å². The minimum Gasteiger partial charge on any atom is -0.339 e. The van der Waals surface area contributed by atoms with E-state index in [1.54, 1.807) is 6.08 Å². The summed E-state index contributed by atoms with van der Waals surface area (Å²) in [5.74, 6) is 1.32. The molecule has 27 heavy (non-hydrogen) atoms. The van der Waals surface area contributed by atoms with Crippen LogP contribution in [0, 0.1) is 11.8 Å². The summed E-state index contributed by atoms with van der Waals surface area (Å²) in [5, 5.41) is 12.7. The van der Waals surface area contributed by atoms with Crippen LogP contribution in [0.15, 0.2) is 24.7 Å². The highest BCUT2D eigenvalue weighted by atomic mass is 16.2. The predicted octanol–water partition coefficient (Wildman–Crippen LogP) is 2.40. The van der Waals surface area contributed by atoms with Crippen LogP contribution in [0.2, 0.25) is 0 Å². The van der Waals surface area contributed by atoms with Gasteiger partial charge in [0.25, 0.3) is 0 Å². The number of hydrogen-bond acceptors (Lipinski definition) is 4. The number of aromatic nitrogens is 5. The van der Waals surface area contributed by atoms with Gasteiger partial charge < -0.3 is 4.90 Å². The molecule has 1 aliphatic heterocycles. The van der Waals surface area contributed by atoms with Crippen LogP contribution in [0.5, 0.6) is 0 Å². The summed E-state index contributed by atoms with van der Waals surface area (Å²) in [6.07, 6.45) is 15.1. The Bertz CT molecular complexity index is 803. The molecule has 0 bridgehead atoms. The summed E-state index contributed by atoms with van der Waals surface area (Å²) in [6, 6.07) is 0. The second-order valence-electron chi connectivity index (χ2n) is 7.85. The Morgan fingerprint density at radius 3 is 2.81 bits per heavy atom. The molecule has 2 fully saturated rings. The molecule has 1 saturated heterocycles. The molecule has 1 atom stereocenters. The monoisotopic (exact) mass is 368 g/mol. The standard InChI is InChI=1S/C20H28N6O/c1-2-19-15-26(23-22-19)14-18-4-3-9-24(11-18)20(27)8-7-17-10-21-25(13-17)12-16-5-6-16/h7-8,10,13,15-16,18H,2-6,9,11-12,14H2,1H3/b8-7+/t18-/m1/s1. The van der Waals surface area contributed by atoms with E-state index in [9.17, 15) is 4.79 Å². The van der Waals surface area contributed by atoms with Crippen molar-refractivity contribution in [2.45, 2.75) is 52.1 Å². The Kier molecular flexibility index (Phi) is 5.36. The summed E-state index contributed by atoms with van der Waals surface area (Å²) in [5.41, 5.74) is 2.01. The van der Waals surface area contributed by atoms with Crippen molar-refractivity contribution >= 4 is 12.0 Å². The maximum atomic E-state index is 12.6. The lowest BCUT2D eigenvalue weighted by atomic mass is 9.98. The normalized spacial score (nSPS) is 20.5. The molecule has 0 aromatic carbocycles. The highest BCUT2D eigenvalue weighted by Gasteiger charge is 2.23. The van der Waals surface area contributed by atoms with E-state index in [1.165, 1.54) is 12.8 Å². The van der Waals surface area contributed by atoms with E-state index in [1.807, 2.05) is 38.9 Å². The molecule has 1 amide bonds. The number of amides is 1. The van der Waals surface area contributed by atoms with E-state index in [4.69, 9.17) is 0 Å². The third kappa shape index (κ3) is 4.84. The molecule has 0 N–H and O–H groups in total. The van der Waals surface area contributed by atoms with Crippen LogP contribution in [0.1, 0.15) is 43.9 Å². The zero-order chi connectivity index (χ0) is 18.6. The maximum absolute atomic E-state index is 12.6. The topological polar surface area (TPSA) is 68.8 Å². The predicted molar refractivity (Wildman–Crippen MR) is 103 cm³/mol. The van der Waals surface area contributed by atoms with Crippen molar-refractivity contribution in [3.63, 3.8) is 0 Å². The zero-order valence-corrected chi connectivity index (χ0v) is 16.0. The van der Waals surface area contributed by atoms with E-state index in [2.05, 4.69) is 22.3 Å². The van der Waals surface area contributed by atoms with Crippen molar-refractivity contribution in [1.29, 1.82) is 0 Å². The molecule has 4 rings (SSSR count). The third-order valence-corrected chi connectivity index (χ3v) is 5.44. The van der Waals surface area contributed by atoms with E-state index in [0.29, 0.717) is 5.92 Å². The van der Waals surface area contributed by atoms with E-state index >= 15 is 0 Å². The minimum atomic E-state index is 0.0856. The van der Waals surface area contributed by atoms with Crippen LogP contribution in [0.3, 0.4) is 0 Å². The fourth-order valence-electron chi connectivity index (χ4n) is 3.67. The fraction of sp³-hybridized carbons (Fsp3) is 0.600. The van der Waals surface area contributed by atoms with Crippen LogP contribution in [0.25, 0.3) is 6.08 Å². The molecular formula is C20H28N6O. The van der Waals surface area contributed by atoms with Gasteiger partial charge in [-0.15, -0.1) is 5.10 Å². The van der Waals surface area contributed by atoms with Crippen molar-refractivity contribution in [1.82, 2.24) is 29.7 Å². The molecule has 7 heteroatoms. The molecule has 2 aromatic rings. The summed E-state index contributed by atoms with van der Waals surface area (Å²) < 4.78 is 3.91. The van der Waals surface area contributed by atoms with Gasteiger partial charge in [-0.2, -0.15) is 5.10 Å². The van der Waals surface area contributed by atoms with Crippen LogP contribution in [0.4, 0.5) is 0 Å². The largest absolute Gasteiger partial charge is 0.339 e. The number of nitrogens with zero attached hydrogens (tertiary/aromatic N) is 6. The van der Waals surface area contributed by atoms with Gasteiger partial charge in [0.15, 0.2) is 0 Å². The summed E-state index contributed by atoms with van der Waals surface area (Å²) >= 11 is 0. The van der Waals surface area contributed by atoms with Crippen molar-refractivity contribution in [3.8, 4) is 0 Å². The van der Waals surface area contributed by atoms with Crippen molar-refractivity contribution in [2.24, 2.45) is 11.8 Å². The second kappa shape index (κ2) is 8.06. The van der Waals surface area contributed by atoms with Crippen molar-refractivity contribution < 1.29 is 4.79 Å². The van der Waals surface area contributed by atoms with Crippen LogP contribution >= 0.6 is 0 Å². The lowest BCUT2D eigenvalue weighted by molar-refractivity contribution is -0.127. The van der Waals surface area contributed by atoms with Crippen LogP contribution in [-0.4, -0.2) is 48.7 Å². The number of piperidine rings is 1. The van der Waals surface area contributed by atoms with Crippen molar-refractivity contribution in [3.05, 3.63) is 35.9 Å². The molecule has 0 radical (unpaired) electrons. The molecule has 1 saturated carbocycles. The minimum absolute atomic E-state index is 0.0856. The summed E-state index contributed by atoms with van der Waals surface area (Å²) in [7, 11) is 0. The van der Waals surface area contributed by atoms with Gasteiger partial charge in [-0.3, -0.25) is 14.2 Å². The smallest absolute Gasteiger partial charge is 0.246 e. The van der Waals surface area contributed by atoms with Crippen LogP contribution < -0.4 is 0 Å². The van der Waals surface area contributed by atoms with Gasteiger partial charge >= 0.3 is 0 Å². The van der Waals surface area contributed by atoms with Gasteiger partial charge in [0.05, 0.1) is 11.9 Å². The number of carbonyl (C=O) groups is 1. The van der Waals surface area contributed by atoms with Gasteiger partial charge in [-0.1, -0.05) is 12.1 Å². The highest BCUT2D eigenvalue weighted by molar-refractivity contribution is 5.91. The number of carbonyl (C=O) groups excluding carboxylic acids is 1. The molecule has 3 heterocycles. The molecule has 2 aromatic heterocycles. The average molecular weight is 368 g/mol. The van der Waals surface area contributed by atoms with E-state index in [0.717, 1.165) is 62.6 Å². The zero-order valence-electron chi connectivity index (χ0n) is 16.0. The SMILES string of the molecule is CCc1cn(C[C@@H]2CCCN(C(=O)/C=C/c3cnn(CC4CC4)c3)C2)nn1. The van der Waals surface area contributed by atoms with Gasteiger partial charge in [0.2, 0.25) is 5.91 Å². The quantitative estimate of drug-likeness (QED) is 0.704. The first-order valence-electron chi connectivity index (χ1n) is 10.1. The molecule has 0 spiro atoms. The Labute approximate surface area is 160 Å². The number of rotatable bonds is 7. The molecule has 7 nitrogen and oxygen atoms in total. The van der Waals surface area contributed by atoms with Crippen LogP contribution in [-0.2, 0) is 24.3 Å². The molecule has 1 aliphatic carbocycles. The van der Waals surface area contributed by atoms with Gasteiger partial charge in [0.1, 0.15) is 0 Å². The van der Waals surface area contributed by atoms with Gasteiger partial charge in [0, 0.05) is 50.2 Å². The lowest BCUT2D eigenvalue weighted by Crippen LogP contribution is -2.40. The number of hydrogen-bond donors (Lipinski definition) is 0. The third-order valence-electron chi connectivity index (χ3n) is 5.44. The Balaban J connectivity index is 1.30.